The van der Waals surface area contributed by atoms with Gasteiger partial charge in [-0.3, -0.25) is 14.4 Å². The first-order valence-electron chi connectivity index (χ1n) is 6.00. The molecule has 1 aliphatic rings. The second-order valence-corrected chi connectivity index (χ2v) is 4.30. The fourth-order valence-corrected chi connectivity index (χ4v) is 2.10. The minimum atomic E-state index is -0.968. The van der Waals surface area contributed by atoms with Crippen LogP contribution in [0.2, 0.25) is 0 Å². The first kappa shape index (κ1) is 15.2. The van der Waals surface area contributed by atoms with E-state index in [9.17, 15) is 14.4 Å². The zero-order valence-electron chi connectivity index (χ0n) is 11.3. The summed E-state index contributed by atoms with van der Waals surface area (Å²) in [6.07, 6.45) is 4.20. The fraction of sp³-hybridized carbons (Fsp3) is 0.615. The third-order valence-electron chi connectivity index (χ3n) is 3.01. The number of carbonyl (C=O) groups is 3. The molecule has 0 fully saturated rings. The van der Waals surface area contributed by atoms with Gasteiger partial charge in [0.1, 0.15) is 6.10 Å². The van der Waals surface area contributed by atoms with Gasteiger partial charge in [0.05, 0.1) is 14.2 Å². The second-order valence-electron chi connectivity index (χ2n) is 4.30. The molecule has 2 atom stereocenters. The van der Waals surface area contributed by atoms with Crippen molar-refractivity contribution in [2.24, 2.45) is 11.8 Å². The van der Waals surface area contributed by atoms with Crippen molar-refractivity contribution in [2.75, 3.05) is 14.2 Å². The predicted molar refractivity (Wildman–Crippen MR) is 64.9 cm³/mol. The van der Waals surface area contributed by atoms with Gasteiger partial charge in [0.25, 0.3) is 0 Å². The Bertz CT molecular complexity index is 371. The van der Waals surface area contributed by atoms with Gasteiger partial charge in [-0.05, 0) is 18.9 Å². The van der Waals surface area contributed by atoms with E-state index < -0.39 is 17.9 Å². The quantitative estimate of drug-likeness (QED) is 0.326. The van der Waals surface area contributed by atoms with E-state index in [1.54, 1.807) is 12.2 Å². The first-order chi connectivity index (χ1) is 8.99. The lowest BCUT2D eigenvalue weighted by atomic mass is 9.83. The van der Waals surface area contributed by atoms with Crippen molar-refractivity contribution in [1.29, 1.82) is 0 Å². The van der Waals surface area contributed by atoms with Crippen molar-refractivity contribution in [3.63, 3.8) is 0 Å². The van der Waals surface area contributed by atoms with Crippen molar-refractivity contribution >= 4 is 17.9 Å². The fourth-order valence-electron chi connectivity index (χ4n) is 2.10. The standard InChI is InChI=1S/C13H18O6/c1-8(14)19-10-6-4-9(5-7-10)11(12(15)17-2)13(16)18-3/h4,6,9-11H,5,7H2,1-3H3/t9-,10+/m1/s1. The molecular weight excluding hydrogens is 252 g/mol. The van der Waals surface area contributed by atoms with Gasteiger partial charge in [0, 0.05) is 12.8 Å². The summed E-state index contributed by atoms with van der Waals surface area (Å²) in [5.74, 6) is -2.86. The summed E-state index contributed by atoms with van der Waals surface area (Å²) in [5.41, 5.74) is 0. The average molecular weight is 270 g/mol. The van der Waals surface area contributed by atoms with Gasteiger partial charge in [-0.1, -0.05) is 6.08 Å². The Morgan fingerprint density at radius 3 is 2.00 bits per heavy atom. The highest BCUT2D eigenvalue weighted by atomic mass is 16.5. The number of carbonyl (C=O) groups excluding carboxylic acids is 3. The van der Waals surface area contributed by atoms with Crippen LogP contribution in [0.15, 0.2) is 12.2 Å². The highest BCUT2D eigenvalue weighted by Gasteiger charge is 2.37. The van der Waals surface area contributed by atoms with E-state index in [2.05, 4.69) is 9.47 Å². The summed E-state index contributed by atoms with van der Waals surface area (Å²) in [6.45, 7) is 1.34. The molecule has 0 saturated carbocycles. The van der Waals surface area contributed by atoms with Gasteiger partial charge in [-0.2, -0.15) is 0 Å². The first-order valence-corrected chi connectivity index (χ1v) is 6.00. The Morgan fingerprint density at radius 2 is 1.63 bits per heavy atom. The molecule has 0 amide bonds. The van der Waals surface area contributed by atoms with Crippen LogP contribution in [0.5, 0.6) is 0 Å². The number of methoxy groups -OCH3 is 2. The highest BCUT2D eigenvalue weighted by molar-refractivity contribution is 5.95. The van der Waals surface area contributed by atoms with Gasteiger partial charge in [-0.25, -0.2) is 0 Å². The molecular formula is C13H18O6. The molecule has 6 nitrogen and oxygen atoms in total. The lowest BCUT2D eigenvalue weighted by Crippen LogP contribution is -2.34. The number of esters is 3. The van der Waals surface area contributed by atoms with Crippen LogP contribution in [0.25, 0.3) is 0 Å². The maximum absolute atomic E-state index is 11.6. The predicted octanol–water partition coefficient (Wildman–Crippen LogP) is 0.846. The lowest BCUT2D eigenvalue weighted by Gasteiger charge is -2.26. The van der Waals surface area contributed by atoms with Crippen molar-refractivity contribution in [3.8, 4) is 0 Å². The van der Waals surface area contributed by atoms with E-state index in [4.69, 9.17) is 4.74 Å². The molecule has 0 saturated heterocycles. The van der Waals surface area contributed by atoms with Crippen LogP contribution in [0.3, 0.4) is 0 Å². The van der Waals surface area contributed by atoms with Crippen molar-refractivity contribution < 1.29 is 28.6 Å². The number of hydrogen-bond acceptors (Lipinski definition) is 6. The molecule has 0 spiro atoms. The van der Waals surface area contributed by atoms with Crippen LogP contribution < -0.4 is 0 Å². The molecule has 6 heteroatoms. The molecule has 19 heavy (non-hydrogen) atoms. The molecule has 0 aromatic heterocycles. The van der Waals surface area contributed by atoms with E-state index in [0.29, 0.717) is 12.8 Å². The minimum Gasteiger partial charge on any atom is -0.468 e. The van der Waals surface area contributed by atoms with Gasteiger partial charge in [0.15, 0.2) is 5.92 Å². The van der Waals surface area contributed by atoms with E-state index in [-0.39, 0.29) is 18.0 Å². The highest BCUT2D eigenvalue weighted by Crippen LogP contribution is 2.28. The normalized spacial score (nSPS) is 21.9. The van der Waals surface area contributed by atoms with Crippen molar-refractivity contribution in [1.82, 2.24) is 0 Å². The van der Waals surface area contributed by atoms with E-state index in [1.165, 1.54) is 21.1 Å². The molecule has 0 heterocycles. The summed E-state index contributed by atoms with van der Waals surface area (Å²) in [5, 5.41) is 0. The Kier molecular flexibility index (Phi) is 5.54. The third kappa shape index (κ3) is 4.08. The maximum atomic E-state index is 11.6. The molecule has 0 aromatic rings. The largest absolute Gasteiger partial charge is 0.468 e. The smallest absolute Gasteiger partial charge is 0.320 e. The Morgan fingerprint density at radius 1 is 1.05 bits per heavy atom. The number of hydrogen-bond donors (Lipinski definition) is 0. The zero-order valence-corrected chi connectivity index (χ0v) is 11.3. The van der Waals surface area contributed by atoms with Crippen LogP contribution in [0.4, 0.5) is 0 Å². The second kappa shape index (κ2) is 6.92. The molecule has 0 aliphatic heterocycles. The van der Waals surface area contributed by atoms with E-state index in [0.717, 1.165) is 0 Å². The number of ether oxygens (including phenoxy) is 3. The van der Waals surface area contributed by atoms with Crippen LogP contribution in [-0.4, -0.2) is 38.2 Å². The summed E-state index contributed by atoms with van der Waals surface area (Å²) in [4.78, 5) is 34.1. The van der Waals surface area contributed by atoms with Gasteiger partial charge in [0.2, 0.25) is 0 Å². The zero-order chi connectivity index (χ0) is 14.4. The summed E-state index contributed by atoms with van der Waals surface area (Å²) in [6, 6.07) is 0. The SMILES string of the molecule is COC(=O)C(C(=O)OC)[C@@H]1C=C[C@H](OC(C)=O)CC1. The molecule has 0 aromatic carbocycles. The van der Waals surface area contributed by atoms with Gasteiger partial charge >= 0.3 is 17.9 Å². The van der Waals surface area contributed by atoms with Gasteiger partial charge in [-0.15, -0.1) is 0 Å². The monoisotopic (exact) mass is 270 g/mol. The van der Waals surface area contributed by atoms with Crippen LogP contribution in [0, 0.1) is 11.8 Å². The molecule has 0 unspecified atom stereocenters. The van der Waals surface area contributed by atoms with E-state index in [1.807, 2.05) is 0 Å². The number of rotatable bonds is 4. The Balaban J connectivity index is 2.75. The molecule has 0 N–H and O–H groups in total. The Hall–Kier alpha value is -1.85. The summed E-state index contributed by atoms with van der Waals surface area (Å²) < 4.78 is 14.3. The minimum absolute atomic E-state index is 0.299. The molecule has 0 bridgehead atoms. The Labute approximate surface area is 111 Å². The van der Waals surface area contributed by atoms with Crippen molar-refractivity contribution in [3.05, 3.63) is 12.2 Å². The molecule has 106 valence electrons. The summed E-state index contributed by atoms with van der Waals surface area (Å²) in [7, 11) is 2.46. The van der Waals surface area contributed by atoms with Crippen LogP contribution in [0.1, 0.15) is 19.8 Å². The lowest BCUT2D eigenvalue weighted by molar-refractivity contribution is -0.161. The average Bonchev–Trinajstić information content (AvgIpc) is 2.39. The van der Waals surface area contributed by atoms with Crippen LogP contribution in [-0.2, 0) is 28.6 Å². The number of allylic oxidation sites excluding steroid dienone is 1. The van der Waals surface area contributed by atoms with Crippen molar-refractivity contribution in [2.45, 2.75) is 25.9 Å². The van der Waals surface area contributed by atoms with Crippen LogP contribution >= 0.6 is 0 Å². The topological polar surface area (TPSA) is 78.9 Å². The van der Waals surface area contributed by atoms with Gasteiger partial charge < -0.3 is 14.2 Å². The molecule has 0 radical (unpaired) electrons. The molecule has 1 rings (SSSR count). The van der Waals surface area contributed by atoms with E-state index >= 15 is 0 Å². The molecule has 1 aliphatic carbocycles. The summed E-state index contributed by atoms with van der Waals surface area (Å²) >= 11 is 0. The maximum Gasteiger partial charge on any atom is 0.320 e. The third-order valence-corrected chi connectivity index (χ3v) is 3.01.